The molecule has 0 saturated carbocycles. The van der Waals surface area contributed by atoms with Crippen LogP contribution in [0.4, 0.5) is 0 Å². The maximum atomic E-state index is 10.3. The van der Waals surface area contributed by atoms with Crippen LogP contribution in [-0.4, -0.2) is 20.4 Å². The highest BCUT2D eigenvalue weighted by molar-refractivity contribution is 6.19. The Balaban J connectivity index is 2.38. The van der Waals surface area contributed by atoms with E-state index >= 15 is 0 Å². The van der Waals surface area contributed by atoms with Crippen LogP contribution >= 0.6 is 0 Å². The number of fused-ring (bicyclic) bond motifs is 4. The van der Waals surface area contributed by atoms with Gasteiger partial charge in [0.05, 0.1) is 21.5 Å². The van der Waals surface area contributed by atoms with Gasteiger partial charge in [-0.1, -0.05) is 0 Å². The zero-order valence-electron chi connectivity index (χ0n) is 9.91. The topological polar surface area (TPSA) is 107 Å². The fraction of sp³-hybridized carbons (Fsp3) is 0. The van der Waals surface area contributed by atoms with Gasteiger partial charge in [0.1, 0.15) is 35.4 Å². The van der Waals surface area contributed by atoms with Crippen molar-refractivity contribution in [3.8, 4) is 23.0 Å². The molecule has 2 heterocycles. The summed E-state index contributed by atoms with van der Waals surface area (Å²) in [7, 11) is 0. The Labute approximate surface area is 110 Å². The number of hydrogen-bond acceptors (Lipinski definition) is 6. The van der Waals surface area contributed by atoms with Gasteiger partial charge in [-0.25, -0.2) is 0 Å². The van der Waals surface area contributed by atoms with Crippen LogP contribution in [0.5, 0.6) is 23.0 Å². The number of benzene rings is 2. The minimum absolute atomic E-state index is 0.0206. The SMILES string of the molecule is Oc1cc(O)c2c(c1)oc1c(O)c3cocc3c(O)c12. The molecule has 0 unspecified atom stereocenters. The molecular formula is C14H8O6. The predicted molar refractivity (Wildman–Crippen MR) is 70.2 cm³/mol. The first kappa shape index (κ1) is 10.9. The summed E-state index contributed by atoms with van der Waals surface area (Å²) in [5.74, 6) is -0.795. The van der Waals surface area contributed by atoms with Gasteiger partial charge >= 0.3 is 0 Å². The molecule has 0 atom stereocenters. The molecule has 100 valence electrons. The maximum Gasteiger partial charge on any atom is 0.181 e. The monoisotopic (exact) mass is 272 g/mol. The van der Waals surface area contributed by atoms with Gasteiger partial charge in [-0.05, 0) is 0 Å². The molecule has 0 radical (unpaired) electrons. The van der Waals surface area contributed by atoms with E-state index in [9.17, 15) is 20.4 Å². The first-order valence-corrected chi connectivity index (χ1v) is 5.76. The summed E-state index contributed by atoms with van der Waals surface area (Å²) in [4.78, 5) is 0. The molecule has 0 amide bonds. The average molecular weight is 272 g/mol. The Bertz CT molecular complexity index is 992. The standard InChI is InChI=1S/C14H8O6/c15-5-1-8(16)10-9(2-5)20-14-11(10)12(17)6-3-19-4-7(6)13(14)18/h1-4,15-18H. The third-order valence-electron chi connectivity index (χ3n) is 3.38. The first-order valence-electron chi connectivity index (χ1n) is 5.76. The first-order chi connectivity index (χ1) is 9.58. The molecule has 6 nitrogen and oxygen atoms in total. The smallest absolute Gasteiger partial charge is 0.181 e. The van der Waals surface area contributed by atoms with Crippen molar-refractivity contribution in [1.82, 2.24) is 0 Å². The molecule has 0 bridgehead atoms. The second-order valence-corrected chi connectivity index (χ2v) is 4.54. The van der Waals surface area contributed by atoms with Crippen molar-refractivity contribution in [3.63, 3.8) is 0 Å². The molecular weight excluding hydrogens is 264 g/mol. The Hall–Kier alpha value is -3.02. The number of rotatable bonds is 0. The van der Waals surface area contributed by atoms with Gasteiger partial charge < -0.3 is 29.3 Å². The maximum absolute atomic E-state index is 10.3. The molecule has 0 aliphatic heterocycles. The molecule has 4 aromatic rings. The fourth-order valence-corrected chi connectivity index (χ4v) is 2.51. The third kappa shape index (κ3) is 1.13. The van der Waals surface area contributed by atoms with Crippen LogP contribution in [0.15, 0.2) is 33.5 Å². The third-order valence-corrected chi connectivity index (χ3v) is 3.38. The van der Waals surface area contributed by atoms with Crippen LogP contribution in [0, 0.1) is 0 Å². The quantitative estimate of drug-likeness (QED) is 0.366. The highest BCUT2D eigenvalue weighted by atomic mass is 16.4. The zero-order valence-corrected chi connectivity index (χ0v) is 9.91. The zero-order chi connectivity index (χ0) is 14.0. The van der Waals surface area contributed by atoms with Gasteiger partial charge in [-0.15, -0.1) is 0 Å². The summed E-state index contributed by atoms with van der Waals surface area (Å²) in [5, 5.41) is 40.9. The van der Waals surface area contributed by atoms with E-state index in [-0.39, 0.29) is 44.9 Å². The molecule has 0 saturated heterocycles. The predicted octanol–water partition coefficient (Wildman–Crippen LogP) is 3.15. The summed E-state index contributed by atoms with van der Waals surface area (Å²) in [5.41, 5.74) is 0.181. The summed E-state index contributed by atoms with van der Waals surface area (Å²) in [6.07, 6.45) is 2.58. The largest absolute Gasteiger partial charge is 0.508 e. The molecule has 0 aliphatic rings. The van der Waals surface area contributed by atoms with Gasteiger partial charge in [0, 0.05) is 12.1 Å². The van der Waals surface area contributed by atoms with E-state index in [2.05, 4.69) is 0 Å². The number of hydrogen-bond donors (Lipinski definition) is 4. The van der Waals surface area contributed by atoms with Crippen LogP contribution in [0.1, 0.15) is 0 Å². The molecule has 6 heteroatoms. The lowest BCUT2D eigenvalue weighted by molar-refractivity contribution is 0.453. The Morgan fingerprint density at radius 2 is 1.50 bits per heavy atom. The second-order valence-electron chi connectivity index (χ2n) is 4.54. The van der Waals surface area contributed by atoms with Crippen LogP contribution in [0.25, 0.3) is 32.7 Å². The lowest BCUT2D eigenvalue weighted by Gasteiger charge is -2.01. The highest BCUT2D eigenvalue weighted by Gasteiger charge is 2.23. The van der Waals surface area contributed by atoms with Gasteiger partial charge in [0.25, 0.3) is 0 Å². The van der Waals surface area contributed by atoms with E-state index in [1.807, 2.05) is 0 Å². The van der Waals surface area contributed by atoms with E-state index in [0.29, 0.717) is 10.8 Å². The van der Waals surface area contributed by atoms with Crippen LogP contribution in [0.3, 0.4) is 0 Å². The van der Waals surface area contributed by atoms with E-state index < -0.39 is 0 Å². The van der Waals surface area contributed by atoms with E-state index in [0.717, 1.165) is 6.07 Å². The number of aromatic hydroxyl groups is 4. The molecule has 2 aromatic carbocycles. The Kier molecular flexibility index (Phi) is 1.79. The molecule has 4 N–H and O–H groups in total. The van der Waals surface area contributed by atoms with Gasteiger partial charge in [0.15, 0.2) is 11.3 Å². The summed E-state index contributed by atoms with van der Waals surface area (Å²) in [6, 6.07) is 2.43. The number of phenols is 4. The van der Waals surface area contributed by atoms with Gasteiger partial charge in [-0.3, -0.25) is 0 Å². The fourth-order valence-electron chi connectivity index (χ4n) is 2.51. The van der Waals surface area contributed by atoms with Crippen molar-refractivity contribution in [1.29, 1.82) is 0 Å². The lowest BCUT2D eigenvalue weighted by atomic mass is 10.1. The normalized spacial score (nSPS) is 11.8. The van der Waals surface area contributed by atoms with E-state index in [1.165, 1.54) is 18.6 Å². The van der Waals surface area contributed by atoms with Crippen LogP contribution in [0.2, 0.25) is 0 Å². The summed E-state index contributed by atoms with van der Waals surface area (Å²) >= 11 is 0. The average Bonchev–Trinajstić information content (AvgIpc) is 2.99. The minimum atomic E-state index is -0.253. The van der Waals surface area contributed by atoms with Crippen LogP contribution in [-0.2, 0) is 0 Å². The van der Waals surface area contributed by atoms with Crippen molar-refractivity contribution in [2.45, 2.75) is 0 Å². The molecule has 4 rings (SSSR count). The summed E-state index contributed by atoms with van der Waals surface area (Å²) in [6.45, 7) is 0. The Morgan fingerprint density at radius 3 is 2.25 bits per heavy atom. The van der Waals surface area contributed by atoms with E-state index in [1.54, 1.807) is 0 Å². The van der Waals surface area contributed by atoms with Crippen molar-refractivity contribution >= 4 is 32.7 Å². The van der Waals surface area contributed by atoms with Crippen molar-refractivity contribution in [2.75, 3.05) is 0 Å². The van der Waals surface area contributed by atoms with Gasteiger partial charge in [0.2, 0.25) is 0 Å². The molecule has 0 aliphatic carbocycles. The highest BCUT2D eigenvalue weighted by Crippen LogP contribution is 2.49. The second kappa shape index (κ2) is 3.30. The lowest BCUT2D eigenvalue weighted by Crippen LogP contribution is -1.75. The molecule has 20 heavy (non-hydrogen) atoms. The van der Waals surface area contributed by atoms with Crippen molar-refractivity contribution in [3.05, 3.63) is 24.7 Å². The minimum Gasteiger partial charge on any atom is -0.508 e. The van der Waals surface area contributed by atoms with Crippen molar-refractivity contribution in [2.24, 2.45) is 0 Å². The Morgan fingerprint density at radius 1 is 0.800 bits per heavy atom. The molecule has 0 spiro atoms. The van der Waals surface area contributed by atoms with Crippen LogP contribution < -0.4 is 0 Å². The van der Waals surface area contributed by atoms with Crippen molar-refractivity contribution < 1.29 is 29.3 Å². The molecule has 0 fully saturated rings. The molecule has 2 aromatic heterocycles. The van der Waals surface area contributed by atoms with E-state index in [4.69, 9.17) is 8.83 Å². The number of phenolic OH excluding ortho intramolecular Hbond substituents is 4. The summed E-state index contributed by atoms with van der Waals surface area (Å²) < 4.78 is 10.4. The van der Waals surface area contributed by atoms with Gasteiger partial charge in [-0.2, -0.15) is 0 Å². The number of furan rings is 2.